The van der Waals surface area contributed by atoms with E-state index >= 15 is 0 Å². The third kappa shape index (κ3) is 4.69. The average Bonchev–Trinajstić information content (AvgIpc) is 2.56. The first-order valence-electron chi connectivity index (χ1n) is 8.01. The number of methoxy groups -OCH3 is 1. The maximum Gasteiger partial charge on any atom is 0.335 e. The van der Waals surface area contributed by atoms with E-state index in [-0.39, 0.29) is 23.5 Å². The van der Waals surface area contributed by atoms with Crippen molar-refractivity contribution in [3.05, 3.63) is 63.5 Å². The molecule has 0 fully saturated rings. The number of rotatable bonds is 5. The third-order valence-corrected chi connectivity index (χ3v) is 4.83. The van der Waals surface area contributed by atoms with Crippen molar-refractivity contribution >= 4 is 16.0 Å². The highest BCUT2D eigenvalue weighted by Gasteiger charge is 2.35. The van der Waals surface area contributed by atoms with Crippen molar-refractivity contribution in [2.24, 2.45) is 10.9 Å². The van der Waals surface area contributed by atoms with Gasteiger partial charge >= 0.3 is 5.97 Å². The molecule has 0 amide bonds. The van der Waals surface area contributed by atoms with Gasteiger partial charge in [0.15, 0.2) is 5.76 Å². The second-order valence-corrected chi connectivity index (χ2v) is 7.80. The molecule has 9 heteroatoms. The number of hydrogen-bond acceptors (Lipinski definition) is 7. The molecule has 0 aliphatic heterocycles. The van der Waals surface area contributed by atoms with Gasteiger partial charge in [0.05, 0.1) is 18.4 Å². The van der Waals surface area contributed by atoms with Crippen molar-refractivity contribution in [2.75, 3.05) is 21.2 Å². The zero-order chi connectivity index (χ0) is 20.4. The van der Waals surface area contributed by atoms with Crippen LogP contribution in [0.3, 0.4) is 0 Å². The van der Waals surface area contributed by atoms with Gasteiger partial charge in [-0.2, -0.15) is 0 Å². The van der Waals surface area contributed by atoms with E-state index in [9.17, 15) is 13.2 Å². The van der Waals surface area contributed by atoms with Gasteiger partial charge in [-0.3, -0.25) is 0 Å². The maximum atomic E-state index is 12.1. The van der Waals surface area contributed by atoms with Crippen molar-refractivity contribution in [1.29, 1.82) is 0 Å². The minimum Gasteiger partial charge on any atom is -0.466 e. The quantitative estimate of drug-likeness (QED) is 0.718. The van der Waals surface area contributed by atoms with Crippen LogP contribution < -0.4 is 15.6 Å². The van der Waals surface area contributed by atoms with E-state index in [4.69, 9.17) is 20.3 Å². The lowest BCUT2D eigenvalue weighted by Gasteiger charge is -2.25. The fourth-order valence-corrected chi connectivity index (χ4v) is 3.56. The van der Waals surface area contributed by atoms with E-state index in [0.717, 1.165) is 12.7 Å². The zero-order valence-electron chi connectivity index (χ0n) is 15.6. The summed E-state index contributed by atoms with van der Waals surface area (Å²) in [6, 6.07) is 7.17. The van der Waals surface area contributed by atoms with Crippen LogP contribution in [0.5, 0.6) is 5.75 Å². The molecule has 27 heavy (non-hydrogen) atoms. The van der Waals surface area contributed by atoms with Gasteiger partial charge in [0, 0.05) is 32.3 Å². The molecule has 8 nitrogen and oxygen atoms in total. The van der Waals surface area contributed by atoms with Gasteiger partial charge < -0.3 is 20.1 Å². The number of nitrogens with zero attached hydrogens (tertiary/aromatic N) is 1. The highest BCUT2D eigenvalue weighted by atomic mass is 32.2. The van der Waals surface area contributed by atoms with Gasteiger partial charge in [-0.25, -0.2) is 18.4 Å². The molecule has 0 saturated carbocycles. The molecule has 0 bridgehead atoms. The number of sulfonamides is 1. The second-order valence-electron chi connectivity index (χ2n) is 6.30. The van der Waals surface area contributed by atoms with Gasteiger partial charge in [-0.15, -0.1) is 0 Å². The molecule has 4 N–H and O–H groups in total. The van der Waals surface area contributed by atoms with E-state index in [1.54, 1.807) is 37.3 Å². The Balaban J connectivity index is 2.70. The Morgan fingerprint density at radius 2 is 1.81 bits per heavy atom. The standard InChI is InChI=1S/C18H23N3O5S/c1-11-5-7-13(8-6-11)26-16-12(10-21(2)3)9-14(18(22)25-4)17(15(16)19)27(20,23)24/h5-8,10H,9,19H2,1-4H3,(H2,20,23,24). The van der Waals surface area contributed by atoms with Crippen molar-refractivity contribution in [2.45, 2.75) is 13.3 Å². The first-order valence-corrected chi connectivity index (χ1v) is 9.55. The Morgan fingerprint density at radius 3 is 2.30 bits per heavy atom. The Morgan fingerprint density at radius 1 is 1.22 bits per heavy atom. The monoisotopic (exact) mass is 393 g/mol. The highest BCUT2D eigenvalue weighted by molar-refractivity contribution is 7.93. The van der Waals surface area contributed by atoms with E-state index < -0.39 is 20.9 Å². The lowest BCUT2D eigenvalue weighted by Crippen LogP contribution is -2.30. The Hall–Kier alpha value is -2.78. The summed E-state index contributed by atoms with van der Waals surface area (Å²) in [7, 11) is 0.431. The molecule has 1 aliphatic rings. The van der Waals surface area contributed by atoms with Crippen molar-refractivity contribution in [1.82, 2.24) is 4.90 Å². The summed E-state index contributed by atoms with van der Waals surface area (Å²) < 4.78 is 34.8. The number of primary sulfonamides is 1. The van der Waals surface area contributed by atoms with Crippen molar-refractivity contribution in [3.8, 4) is 5.75 Å². The minimum atomic E-state index is -4.29. The van der Waals surface area contributed by atoms with Crippen LogP contribution >= 0.6 is 0 Å². The normalized spacial score (nSPS) is 16.6. The van der Waals surface area contributed by atoms with Gasteiger partial charge in [0.25, 0.3) is 0 Å². The van der Waals surface area contributed by atoms with Crippen LogP contribution in [0.15, 0.2) is 58.0 Å². The second kappa shape index (κ2) is 7.85. The molecule has 0 saturated heterocycles. The van der Waals surface area contributed by atoms with Gasteiger partial charge in [0.2, 0.25) is 10.0 Å². The number of hydrogen-bond donors (Lipinski definition) is 2. The SMILES string of the molecule is COC(=O)C1=C(S(N)(=O)=O)C(N)=C(Oc2ccc(C)cc2)C(=CN(C)C)C1. The number of nitrogens with two attached hydrogens (primary N) is 2. The summed E-state index contributed by atoms with van der Waals surface area (Å²) in [4.78, 5) is 13.4. The molecular weight excluding hydrogens is 370 g/mol. The number of esters is 1. The smallest absolute Gasteiger partial charge is 0.335 e. The van der Waals surface area contributed by atoms with Crippen LogP contribution in [0.4, 0.5) is 0 Å². The van der Waals surface area contributed by atoms with Gasteiger partial charge in [-0.05, 0) is 19.1 Å². The Kier molecular flexibility index (Phi) is 5.97. The molecule has 1 aromatic rings. The topological polar surface area (TPSA) is 125 Å². The molecule has 0 aromatic heterocycles. The Labute approximate surface area is 158 Å². The first-order chi connectivity index (χ1) is 12.5. The van der Waals surface area contributed by atoms with Crippen LogP contribution in [0.25, 0.3) is 0 Å². The Bertz CT molecular complexity index is 942. The first kappa shape index (κ1) is 20.5. The molecule has 0 heterocycles. The van der Waals surface area contributed by atoms with Crippen LogP contribution in [-0.4, -0.2) is 40.5 Å². The largest absolute Gasteiger partial charge is 0.466 e. The van der Waals surface area contributed by atoms with E-state index in [2.05, 4.69) is 0 Å². The summed E-state index contributed by atoms with van der Waals surface area (Å²) in [5, 5.41) is 5.31. The fraction of sp³-hybridized carbons (Fsp3) is 0.278. The minimum absolute atomic E-state index is 0.0570. The lowest BCUT2D eigenvalue weighted by molar-refractivity contribution is -0.136. The number of aryl methyl sites for hydroxylation is 1. The molecular formula is C18H23N3O5S. The molecule has 0 atom stereocenters. The van der Waals surface area contributed by atoms with Crippen LogP contribution in [0.2, 0.25) is 0 Å². The average molecular weight is 393 g/mol. The molecule has 0 spiro atoms. The van der Waals surface area contributed by atoms with E-state index in [0.29, 0.717) is 11.3 Å². The van der Waals surface area contributed by atoms with Crippen LogP contribution in [0, 0.1) is 6.92 Å². The highest BCUT2D eigenvalue weighted by Crippen LogP contribution is 2.36. The number of benzene rings is 1. The predicted molar refractivity (Wildman–Crippen MR) is 102 cm³/mol. The molecule has 0 unspecified atom stereocenters. The van der Waals surface area contributed by atoms with Crippen molar-refractivity contribution in [3.63, 3.8) is 0 Å². The van der Waals surface area contributed by atoms with Gasteiger partial charge in [-0.1, -0.05) is 17.7 Å². The van der Waals surface area contributed by atoms with Gasteiger partial charge in [0.1, 0.15) is 10.7 Å². The summed E-state index contributed by atoms with van der Waals surface area (Å²) in [5.74, 6) is -0.219. The lowest BCUT2D eigenvalue weighted by atomic mass is 9.96. The fourth-order valence-electron chi connectivity index (χ4n) is 2.66. The van der Waals surface area contributed by atoms with Crippen molar-refractivity contribution < 1.29 is 22.7 Å². The summed E-state index contributed by atoms with van der Waals surface area (Å²) >= 11 is 0. The summed E-state index contributed by atoms with van der Waals surface area (Å²) in [6.45, 7) is 1.93. The zero-order valence-corrected chi connectivity index (χ0v) is 16.5. The maximum absolute atomic E-state index is 12.1. The predicted octanol–water partition coefficient (Wildman–Crippen LogP) is 1.11. The number of allylic oxidation sites excluding steroid dienone is 1. The molecule has 0 radical (unpaired) electrons. The molecule has 1 aliphatic carbocycles. The number of carbonyl (C=O) groups excluding carboxylic acids is 1. The molecule has 2 rings (SSSR count). The molecule has 1 aromatic carbocycles. The number of carbonyl (C=O) groups is 1. The van der Waals surface area contributed by atoms with E-state index in [1.807, 2.05) is 19.1 Å². The van der Waals surface area contributed by atoms with E-state index in [1.165, 1.54) is 0 Å². The number of ether oxygens (including phenoxy) is 2. The van der Waals surface area contributed by atoms with Crippen LogP contribution in [0.1, 0.15) is 12.0 Å². The summed E-state index contributed by atoms with van der Waals surface area (Å²) in [5.41, 5.74) is 7.29. The van der Waals surface area contributed by atoms with Crippen LogP contribution in [-0.2, 0) is 19.6 Å². The third-order valence-electron chi connectivity index (χ3n) is 3.79. The summed E-state index contributed by atoms with van der Waals surface area (Å²) in [6.07, 6.45) is 1.64. The molecule has 146 valence electrons.